The summed E-state index contributed by atoms with van der Waals surface area (Å²) in [6.07, 6.45) is 8.10. The molecule has 5 nitrogen and oxygen atoms in total. The zero-order valence-corrected chi connectivity index (χ0v) is 6.34. The van der Waals surface area contributed by atoms with Gasteiger partial charge in [-0.3, -0.25) is 9.47 Å². The molecular weight excluding hydrogens is 156 g/mol. The first-order valence-corrected chi connectivity index (χ1v) is 3.57. The molecule has 1 aliphatic rings. The van der Waals surface area contributed by atoms with Gasteiger partial charge in [-0.05, 0) is 0 Å². The van der Waals surface area contributed by atoms with E-state index in [1.165, 1.54) is 10.9 Å². The van der Waals surface area contributed by atoms with E-state index in [1.807, 2.05) is 0 Å². The molecule has 0 fully saturated rings. The van der Waals surface area contributed by atoms with E-state index in [9.17, 15) is 4.79 Å². The van der Waals surface area contributed by atoms with Crippen molar-refractivity contribution in [1.82, 2.24) is 19.8 Å². The van der Waals surface area contributed by atoms with E-state index in [4.69, 9.17) is 0 Å². The molecule has 1 aromatic heterocycles. The fourth-order valence-corrected chi connectivity index (χ4v) is 0.998. The van der Waals surface area contributed by atoms with E-state index in [-0.39, 0.29) is 6.03 Å². The Morgan fingerprint density at radius 2 is 2.50 bits per heavy atom. The highest BCUT2D eigenvalue weighted by Crippen LogP contribution is 1.99. The van der Waals surface area contributed by atoms with Crippen LogP contribution in [0, 0.1) is 0 Å². The molecule has 1 N–H and O–H groups in total. The van der Waals surface area contributed by atoms with Crippen molar-refractivity contribution in [2.45, 2.75) is 0 Å². The minimum Gasteiger partial charge on any atom is -0.372 e. The molecule has 1 aliphatic heterocycles. The molecule has 12 heavy (non-hydrogen) atoms. The van der Waals surface area contributed by atoms with E-state index in [2.05, 4.69) is 10.3 Å². The first-order chi connectivity index (χ1) is 5.88. The molecule has 62 valence electrons. The number of hydrogen-bond acceptors (Lipinski definition) is 3. The van der Waals surface area contributed by atoms with Crippen molar-refractivity contribution in [3.05, 3.63) is 31.1 Å². The van der Waals surface area contributed by atoms with Gasteiger partial charge in [-0.2, -0.15) is 0 Å². The van der Waals surface area contributed by atoms with Gasteiger partial charge >= 0.3 is 6.03 Å². The minimum absolute atomic E-state index is 0.103. The van der Waals surface area contributed by atoms with Crippen LogP contribution < -0.4 is 5.32 Å². The first kappa shape index (κ1) is 6.90. The third-order valence-electron chi connectivity index (χ3n) is 1.60. The smallest absolute Gasteiger partial charge is 0.334 e. The fraction of sp³-hybridized carbons (Fsp3) is 0.143. The zero-order valence-electron chi connectivity index (χ0n) is 6.34. The highest BCUT2D eigenvalue weighted by Gasteiger charge is 2.13. The van der Waals surface area contributed by atoms with Gasteiger partial charge in [-0.25, -0.2) is 9.78 Å². The summed E-state index contributed by atoms with van der Waals surface area (Å²) in [6, 6.07) is -0.103. The monoisotopic (exact) mass is 164 g/mol. The molecule has 1 amide bonds. The van der Waals surface area contributed by atoms with Crippen LogP contribution in [0.4, 0.5) is 4.79 Å². The predicted molar refractivity (Wildman–Crippen MR) is 42.0 cm³/mol. The summed E-state index contributed by atoms with van der Waals surface area (Å²) in [7, 11) is 0. The molecule has 5 heteroatoms. The molecule has 2 rings (SSSR count). The lowest BCUT2D eigenvalue weighted by atomic mass is 10.7. The summed E-state index contributed by atoms with van der Waals surface area (Å²) in [4.78, 5) is 16.8. The van der Waals surface area contributed by atoms with Crippen molar-refractivity contribution in [3.63, 3.8) is 0 Å². The second-order valence-corrected chi connectivity index (χ2v) is 2.40. The highest BCUT2D eigenvalue weighted by molar-refractivity contribution is 5.77. The molecule has 0 atom stereocenters. The second-order valence-electron chi connectivity index (χ2n) is 2.40. The molecule has 0 aliphatic carbocycles. The third kappa shape index (κ3) is 1.05. The SMILES string of the molecule is O=C(N1C=CNC1)n1ccnc1. The van der Waals surface area contributed by atoms with Gasteiger partial charge in [-0.1, -0.05) is 0 Å². The average molecular weight is 164 g/mol. The Morgan fingerprint density at radius 1 is 1.58 bits per heavy atom. The van der Waals surface area contributed by atoms with Crippen LogP contribution in [0.5, 0.6) is 0 Å². The van der Waals surface area contributed by atoms with Gasteiger partial charge in [0.1, 0.15) is 6.33 Å². The number of nitrogens with one attached hydrogen (secondary N) is 1. The molecular formula is C7H8N4O. The number of hydrogen-bond donors (Lipinski definition) is 1. The Labute approximate surface area is 69.3 Å². The van der Waals surface area contributed by atoms with E-state index in [0.717, 1.165) is 0 Å². The molecule has 0 saturated heterocycles. The summed E-state index contributed by atoms with van der Waals surface area (Å²) < 4.78 is 1.43. The predicted octanol–water partition coefficient (Wildman–Crippen LogP) is 0.185. The Balaban J connectivity index is 2.15. The number of amides is 1. The number of rotatable bonds is 0. The Bertz CT molecular complexity index is 303. The lowest BCUT2D eigenvalue weighted by Gasteiger charge is -2.11. The summed E-state index contributed by atoms with van der Waals surface area (Å²) in [5.41, 5.74) is 0. The summed E-state index contributed by atoms with van der Waals surface area (Å²) in [5.74, 6) is 0. The zero-order chi connectivity index (χ0) is 8.39. The fourth-order valence-electron chi connectivity index (χ4n) is 0.998. The molecule has 0 saturated carbocycles. The summed E-state index contributed by atoms with van der Waals surface area (Å²) in [6.45, 7) is 0.525. The molecule has 0 aromatic carbocycles. The van der Waals surface area contributed by atoms with Gasteiger partial charge in [0, 0.05) is 24.8 Å². The lowest BCUT2D eigenvalue weighted by molar-refractivity contribution is 0.218. The van der Waals surface area contributed by atoms with Crippen LogP contribution in [0.1, 0.15) is 0 Å². The number of nitrogens with zero attached hydrogens (tertiary/aromatic N) is 3. The minimum atomic E-state index is -0.103. The molecule has 0 unspecified atom stereocenters. The quantitative estimate of drug-likeness (QED) is 0.595. The van der Waals surface area contributed by atoms with E-state index in [1.54, 1.807) is 29.7 Å². The van der Waals surface area contributed by atoms with Crippen LogP contribution in [0.15, 0.2) is 31.1 Å². The largest absolute Gasteiger partial charge is 0.372 e. The lowest BCUT2D eigenvalue weighted by Crippen LogP contribution is -2.30. The molecule has 0 radical (unpaired) electrons. The molecule has 0 bridgehead atoms. The number of aromatic nitrogens is 2. The van der Waals surface area contributed by atoms with Gasteiger partial charge in [0.05, 0.1) is 6.67 Å². The Hall–Kier alpha value is -1.78. The maximum absolute atomic E-state index is 11.5. The Kier molecular flexibility index (Phi) is 1.55. The normalized spacial score (nSPS) is 14.8. The van der Waals surface area contributed by atoms with Crippen LogP contribution >= 0.6 is 0 Å². The molecule has 2 heterocycles. The number of carbonyl (C=O) groups excluding carboxylic acids is 1. The van der Waals surface area contributed by atoms with Gasteiger partial charge in [0.15, 0.2) is 0 Å². The number of imidazole rings is 1. The van der Waals surface area contributed by atoms with Crippen LogP contribution in [0.2, 0.25) is 0 Å². The van der Waals surface area contributed by atoms with Crippen molar-refractivity contribution < 1.29 is 4.79 Å². The second kappa shape index (κ2) is 2.69. The van der Waals surface area contributed by atoms with E-state index in [0.29, 0.717) is 6.67 Å². The topological polar surface area (TPSA) is 50.2 Å². The maximum Gasteiger partial charge on any atom is 0.334 e. The highest BCUT2D eigenvalue weighted by atomic mass is 16.2. The number of carbonyl (C=O) groups is 1. The average Bonchev–Trinajstić information content (AvgIpc) is 2.77. The van der Waals surface area contributed by atoms with E-state index < -0.39 is 0 Å². The van der Waals surface area contributed by atoms with Crippen molar-refractivity contribution in [3.8, 4) is 0 Å². The third-order valence-corrected chi connectivity index (χ3v) is 1.60. The van der Waals surface area contributed by atoms with Crippen molar-refractivity contribution in [1.29, 1.82) is 0 Å². The van der Waals surface area contributed by atoms with E-state index >= 15 is 0 Å². The van der Waals surface area contributed by atoms with Crippen molar-refractivity contribution in [2.75, 3.05) is 6.67 Å². The van der Waals surface area contributed by atoms with Gasteiger partial charge < -0.3 is 5.32 Å². The van der Waals surface area contributed by atoms with Crippen LogP contribution in [0.25, 0.3) is 0 Å². The van der Waals surface area contributed by atoms with Gasteiger partial charge in [-0.15, -0.1) is 0 Å². The van der Waals surface area contributed by atoms with Gasteiger partial charge in [0.25, 0.3) is 0 Å². The van der Waals surface area contributed by atoms with Crippen LogP contribution in [-0.4, -0.2) is 27.2 Å². The molecule has 0 spiro atoms. The maximum atomic E-state index is 11.5. The first-order valence-electron chi connectivity index (χ1n) is 3.57. The molecule has 1 aromatic rings. The van der Waals surface area contributed by atoms with Crippen LogP contribution in [-0.2, 0) is 0 Å². The van der Waals surface area contributed by atoms with Crippen molar-refractivity contribution in [2.24, 2.45) is 0 Å². The standard InChI is InChI=1S/C7H8N4O/c12-7(10-3-1-8-5-10)11-4-2-9-6-11/h1-5,9H,6H2. The van der Waals surface area contributed by atoms with Crippen molar-refractivity contribution >= 4 is 6.03 Å². The summed E-state index contributed by atoms with van der Waals surface area (Å²) in [5, 5.41) is 2.91. The Morgan fingerprint density at radius 3 is 3.08 bits per heavy atom. The summed E-state index contributed by atoms with van der Waals surface area (Å²) >= 11 is 0. The van der Waals surface area contributed by atoms with Gasteiger partial charge in [0.2, 0.25) is 0 Å². The van der Waals surface area contributed by atoms with Crippen LogP contribution in [0.3, 0.4) is 0 Å².